The number of aromatic nitrogens is 2. The number of hydrogen-bond acceptors (Lipinski definition) is 3. The molecule has 0 bridgehead atoms. The first-order chi connectivity index (χ1) is 13.2. The lowest BCUT2D eigenvalue weighted by atomic mass is 10.1. The van der Waals surface area contributed by atoms with Crippen LogP contribution in [0.25, 0.3) is 11.3 Å². The molecule has 0 saturated carbocycles. The zero-order chi connectivity index (χ0) is 19.1. The van der Waals surface area contributed by atoms with Gasteiger partial charge in [0.05, 0.1) is 12.3 Å². The van der Waals surface area contributed by atoms with E-state index in [1.165, 1.54) is 6.07 Å². The molecule has 1 amide bonds. The van der Waals surface area contributed by atoms with Crippen molar-refractivity contribution in [1.82, 2.24) is 15.5 Å². The molecule has 0 atom stereocenters. The maximum absolute atomic E-state index is 13.6. The van der Waals surface area contributed by atoms with Crippen LogP contribution in [0.2, 0.25) is 0 Å². The van der Waals surface area contributed by atoms with Crippen molar-refractivity contribution in [1.29, 1.82) is 0 Å². The lowest BCUT2D eigenvalue weighted by Crippen LogP contribution is -2.23. The van der Waals surface area contributed by atoms with Crippen molar-refractivity contribution >= 4 is 5.91 Å². The number of halogens is 1. The summed E-state index contributed by atoms with van der Waals surface area (Å²) in [5.41, 5.74) is 2.29. The van der Waals surface area contributed by atoms with Gasteiger partial charge in [-0.2, -0.15) is 5.10 Å². The number of amides is 1. The standard InChI is InChI=1S/C21H22FN3O2/c1-2-3-12-27-17-10-8-15(9-11-17)19-13-20(25-24-19)21(26)23-14-16-6-4-5-7-18(16)22/h4-11,13H,2-3,12,14H2,1H3,(H,23,26)(H,24,25). The van der Waals surface area contributed by atoms with Crippen molar-refractivity contribution in [3.63, 3.8) is 0 Å². The van der Waals surface area contributed by atoms with Gasteiger partial charge in [-0.25, -0.2) is 4.39 Å². The van der Waals surface area contributed by atoms with E-state index < -0.39 is 0 Å². The number of H-pyrrole nitrogens is 1. The maximum Gasteiger partial charge on any atom is 0.269 e. The van der Waals surface area contributed by atoms with Crippen LogP contribution in [0.3, 0.4) is 0 Å². The summed E-state index contributed by atoms with van der Waals surface area (Å²) in [7, 11) is 0. The highest BCUT2D eigenvalue weighted by atomic mass is 19.1. The molecule has 1 heterocycles. The molecule has 0 unspecified atom stereocenters. The second kappa shape index (κ2) is 8.98. The first kappa shape index (κ1) is 18.6. The molecule has 0 spiro atoms. The van der Waals surface area contributed by atoms with Gasteiger partial charge in [-0.05, 0) is 42.8 Å². The summed E-state index contributed by atoms with van der Waals surface area (Å²) in [6, 6.07) is 15.6. The van der Waals surface area contributed by atoms with E-state index >= 15 is 0 Å². The maximum atomic E-state index is 13.6. The minimum atomic E-state index is -0.343. The van der Waals surface area contributed by atoms with Crippen molar-refractivity contribution in [2.24, 2.45) is 0 Å². The van der Waals surface area contributed by atoms with Gasteiger partial charge in [0, 0.05) is 17.7 Å². The summed E-state index contributed by atoms with van der Waals surface area (Å²) in [5.74, 6) is 0.131. The Bertz CT molecular complexity index is 890. The van der Waals surface area contributed by atoms with Gasteiger partial charge in [-0.1, -0.05) is 31.5 Å². The third-order valence-corrected chi connectivity index (χ3v) is 4.14. The molecule has 5 nitrogen and oxygen atoms in total. The van der Waals surface area contributed by atoms with Gasteiger partial charge in [0.1, 0.15) is 17.3 Å². The van der Waals surface area contributed by atoms with E-state index in [1.54, 1.807) is 24.3 Å². The van der Waals surface area contributed by atoms with E-state index in [1.807, 2.05) is 24.3 Å². The summed E-state index contributed by atoms with van der Waals surface area (Å²) in [4.78, 5) is 12.2. The quantitative estimate of drug-likeness (QED) is 0.583. The molecule has 0 aliphatic rings. The average molecular weight is 367 g/mol. The normalized spacial score (nSPS) is 10.6. The number of unbranched alkanes of at least 4 members (excludes halogenated alkanes) is 1. The van der Waals surface area contributed by atoms with Crippen LogP contribution in [0.5, 0.6) is 5.75 Å². The number of nitrogens with zero attached hydrogens (tertiary/aromatic N) is 1. The Morgan fingerprint density at radius 1 is 1.19 bits per heavy atom. The molecule has 1 aromatic heterocycles. The Morgan fingerprint density at radius 3 is 2.70 bits per heavy atom. The zero-order valence-electron chi connectivity index (χ0n) is 15.2. The SMILES string of the molecule is CCCCOc1ccc(-c2cc(C(=O)NCc3ccccc3F)[nH]n2)cc1. The van der Waals surface area contributed by atoms with Gasteiger partial charge in [0.2, 0.25) is 0 Å². The minimum absolute atomic E-state index is 0.115. The predicted octanol–water partition coefficient (Wildman–Crippen LogP) is 4.32. The van der Waals surface area contributed by atoms with E-state index in [-0.39, 0.29) is 18.3 Å². The molecule has 0 radical (unpaired) electrons. The molecule has 2 aromatic carbocycles. The number of ether oxygens (including phenoxy) is 1. The summed E-state index contributed by atoms with van der Waals surface area (Å²) in [6.45, 7) is 2.93. The van der Waals surface area contributed by atoms with Gasteiger partial charge < -0.3 is 10.1 Å². The van der Waals surface area contributed by atoms with E-state index in [4.69, 9.17) is 4.74 Å². The van der Waals surface area contributed by atoms with E-state index in [0.29, 0.717) is 23.6 Å². The number of rotatable bonds is 8. The van der Waals surface area contributed by atoms with Crippen LogP contribution < -0.4 is 10.1 Å². The summed E-state index contributed by atoms with van der Waals surface area (Å²) in [6.07, 6.45) is 2.11. The van der Waals surface area contributed by atoms with Crippen LogP contribution in [0.1, 0.15) is 35.8 Å². The molecule has 6 heteroatoms. The van der Waals surface area contributed by atoms with Crippen molar-refractivity contribution in [3.05, 3.63) is 71.7 Å². The van der Waals surface area contributed by atoms with E-state index in [2.05, 4.69) is 22.4 Å². The molecular formula is C21H22FN3O2. The average Bonchev–Trinajstić information content (AvgIpc) is 3.18. The highest BCUT2D eigenvalue weighted by Crippen LogP contribution is 2.21. The van der Waals surface area contributed by atoms with Crippen LogP contribution in [-0.2, 0) is 6.54 Å². The molecule has 3 aromatic rings. The highest BCUT2D eigenvalue weighted by Gasteiger charge is 2.12. The van der Waals surface area contributed by atoms with Gasteiger partial charge in [-0.3, -0.25) is 9.89 Å². The molecular weight excluding hydrogens is 345 g/mol. The summed E-state index contributed by atoms with van der Waals surface area (Å²) < 4.78 is 19.3. The number of benzene rings is 2. The Morgan fingerprint density at radius 2 is 1.96 bits per heavy atom. The lowest BCUT2D eigenvalue weighted by Gasteiger charge is -2.05. The van der Waals surface area contributed by atoms with Crippen LogP contribution in [0, 0.1) is 5.82 Å². The number of aromatic amines is 1. The third-order valence-electron chi connectivity index (χ3n) is 4.14. The topological polar surface area (TPSA) is 67.0 Å². The second-order valence-corrected chi connectivity index (χ2v) is 6.17. The number of hydrogen-bond donors (Lipinski definition) is 2. The van der Waals surface area contributed by atoms with Gasteiger partial charge >= 0.3 is 0 Å². The molecule has 27 heavy (non-hydrogen) atoms. The monoisotopic (exact) mass is 367 g/mol. The summed E-state index contributed by atoms with van der Waals surface area (Å²) >= 11 is 0. The first-order valence-electron chi connectivity index (χ1n) is 8.97. The van der Waals surface area contributed by atoms with E-state index in [9.17, 15) is 9.18 Å². The van der Waals surface area contributed by atoms with Crippen molar-refractivity contribution < 1.29 is 13.9 Å². The second-order valence-electron chi connectivity index (χ2n) is 6.17. The van der Waals surface area contributed by atoms with Gasteiger partial charge in [0.25, 0.3) is 5.91 Å². The molecule has 3 rings (SSSR count). The number of nitrogens with one attached hydrogen (secondary N) is 2. The largest absolute Gasteiger partial charge is 0.494 e. The molecule has 0 fully saturated rings. The first-order valence-corrected chi connectivity index (χ1v) is 8.97. The van der Waals surface area contributed by atoms with Crippen LogP contribution in [0.4, 0.5) is 4.39 Å². The fourth-order valence-electron chi connectivity index (χ4n) is 2.55. The lowest BCUT2D eigenvalue weighted by molar-refractivity contribution is 0.0945. The predicted molar refractivity (Wildman–Crippen MR) is 102 cm³/mol. The minimum Gasteiger partial charge on any atom is -0.494 e. The highest BCUT2D eigenvalue weighted by molar-refractivity contribution is 5.93. The molecule has 0 aliphatic carbocycles. The van der Waals surface area contributed by atoms with Crippen molar-refractivity contribution in [2.45, 2.75) is 26.3 Å². The summed E-state index contributed by atoms with van der Waals surface area (Å²) in [5, 5.41) is 9.60. The van der Waals surface area contributed by atoms with Crippen LogP contribution in [0.15, 0.2) is 54.6 Å². The Labute approximate surface area is 157 Å². The molecule has 2 N–H and O–H groups in total. The van der Waals surface area contributed by atoms with Crippen molar-refractivity contribution in [3.8, 4) is 17.0 Å². The van der Waals surface area contributed by atoms with Gasteiger partial charge in [0.15, 0.2) is 0 Å². The number of carbonyl (C=O) groups is 1. The fourth-order valence-corrected chi connectivity index (χ4v) is 2.55. The molecule has 0 aliphatic heterocycles. The zero-order valence-corrected chi connectivity index (χ0v) is 15.2. The number of carbonyl (C=O) groups excluding carboxylic acids is 1. The van der Waals surface area contributed by atoms with Crippen molar-refractivity contribution in [2.75, 3.05) is 6.61 Å². The molecule has 140 valence electrons. The third kappa shape index (κ3) is 4.94. The van der Waals surface area contributed by atoms with Crippen LogP contribution in [-0.4, -0.2) is 22.7 Å². The van der Waals surface area contributed by atoms with Gasteiger partial charge in [-0.15, -0.1) is 0 Å². The Kier molecular flexibility index (Phi) is 6.20. The Hall–Kier alpha value is -3.15. The Balaban J connectivity index is 1.60. The van der Waals surface area contributed by atoms with E-state index in [0.717, 1.165) is 24.2 Å². The molecule has 0 saturated heterocycles. The fraction of sp³-hybridized carbons (Fsp3) is 0.238. The van der Waals surface area contributed by atoms with Crippen LogP contribution >= 0.6 is 0 Å². The smallest absolute Gasteiger partial charge is 0.269 e.